The SMILES string of the molecule is COc1ccccc1/C=C/C(=O)O[C@H](C)C(=O)N(C)Cc1ccccc1. The van der Waals surface area contributed by atoms with E-state index >= 15 is 0 Å². The van der Waals surface area contributed by atoms with E-state index in [1.807, 2.05) is 48.5 Å². The van der Waals surface area contributed by atoms with Crippen molar-refractivity contribution in [1.82, 2.24) is 4.90 Å². The van der Waals surface area contributed by atoms with Crippen LogP contribution in [0, 0.1) is 0 Å². The summed E-state index contributed by atoms with van der Waals surface area (Å²) >= 11 is 0. The Bertz CT molecular complexity index is 771. The average Bonchev–Trinajstić information content (AvgIpc) is 2.66. The summed E-state index contributed by atoms with van der Waals surface area (Å²) in [5.74, 6) is -0.180. The minimum absolute atomic E-state index is 0.257. The maximum Gasteiger partial charge on any atom is 0.331 e. The molecule has 0 N–H and O–H groups in total. The third-order valence-corrected chi connectivity index (χ3v) is 3.82. The number of carbonyl (C=O) groups excluding carboxylic acids is 2. The molecule has 5 nitrogen and oxygen atoms in total. The molecule has 0 aliphatic heterocycles. The lowest BCUT2D eigenvalue weighted by Gasteiger charge is -2.21. The van der Waals surface area contributed by atoms with Crippen LogP contribution < -0.4 is 4.74 Å². The largest absolute Gasteiger partial charge is 0.496 e. The zero-order chi connectivity index (χ0) is 18.9. The number of hydrogen-bond donors (Lipinski definition) is 0. The summed E-state index contributed by atoms with van der Waals surface area (Å²) in [7, 11) is 3.25. The van der Waals surface area contributed by atoms with Crippen LogP contribution in [0.4, 0.5) is 0 Å². The summed E-state index contributed by atoms with van der Waals surface area (Å²) < 4.78 is 10.4. The average molecular weight is 353 g/mol. The van der Waals surface area contributed by atoms with Gasteiger partial charge in [0.25, 0.3) is 5.91 Å². The summed E-state index contributed by atoms with van der Waals surface area (Å²) in [4.78, 5) is 25.9. The van der Waals surface area contributed by atoms with E-state index in [-0.39, 0.29) is 5.91 Å². The molecular weight excluding hydrogens is 330 g/mol. The number of methoxy groups -OCH3 is 1. The maximum absolute atomic E-state index is 12.4. The van der Waals surface area contributed by atoms with Crippen molar-refractivity contribution < 1.29 is 19.1 Å². The molecule has 0 aliphatic carbocycles. The Balaban J connectivity index is 1.91. The monoisotopic (exact) mass is 353 g/mol. The van der Waals surface area contributed by atoms with Crippen LogP contribution in [0.2, 0.25) is 0 Å². The fourth-order valence-corrected chi connectivity index (χ4v) is 2.47. The Morgan fingerprint density at radius 2 is 1.73 bits per heavy atom. The van der Waals surface area contributed by atoms with E-state index in [9.17, 15) is 9.59 Å². The molecule has 0 fully saturated rings. The highest BCUT2D eigenvalue weighted by Gasteiger charge is 2.20. The normalized spacial score (nSPS) is 11.8. The predicted molar refractivity (Wildman–Crippen MR) is 100 cm³/mol. The van der Waals surface area contributed by atoms with Gasteiger partial charge in [-0.05, 0) is 24.6 Å². The zero-order valence-corrected chi connectivity index (χ0v) is 15.2. The molecule has 0 aliphatic rings. The third kappa shape index (κ3) is 5.48. The number of esters is 1. The van der Waals surface area contributed by atoms with Gasteiger partial charge in [-0.1, -0.05) is 48.5 Å². The molecule has 136 valence electrons. The van der Waals surface area contributed by atoms with Crippen LogP contribution in [0.15, 0.2) is 60.7 Å². The van der Waals surface area contributed by atoms with Gasteiger partial charge in [-0.15, -0.1) is 0 Å². The molecule has 2 rings (SSSR count). The molecule has 0 radical (unpaired) electrons. The molecule has 1 amide bonds. The van der Waals surface area contributed by atoms with Gasteiger partial charge in [-0.3, -0.25) is 4.79 Å². The number of likely N-dealkylation sites (N-methyl/N-ethyl adjacent to an activating group) is 1. The Labute approximate surface area is 153 Å². The summed E-state index contributed by atoms with van der Waals surface area (Å²) in [6.07, 6.45) is 2.03. The van der Waals surface area contributed by atoms with Crippen molar-refractivity contribution in [3.05, 3.63) is 71.8 Å². The van der Waals surface area contributed by atoms with Crippen molar-refractivity contribution >= 4 is 18.0 Å². The van der Waals surface area contributed by atoms with E-state index in [0.717, 1.165) is 11.1 Å². The van der Waals surface area contributed by atoms with Crippen LogP contribution in [0.3, 0.4) is 0 Å². The van der Waals surface area contributed by atoms with Crippen LogP contribution in [-0.2, 0) is 20.9 Å². The van der Waals surface area contributed by atoms with Gasteiger partial charge in [0, 0.05) is 25.2 Å². The van der Waals surface area contributed by atoms with Crippen LogP contribution in [0.1, 0.15) is 18.1 Å². The van der Waals surface area contributed by atoms with E-state index in [4.69, 9.17) is 9.47 Å². The van der Waals surface area contributed by atoms with E-state index in [0.29, 0.717) is 12.3 Å². The fourth-order valence-electron chi connectivity index (χ4n) is 2.47. The highest BCUT2D eigenvalue weighted by atomic mass is 16.5. The van der Waals surface area contributed by atoms with Crippen molar-refractivity contribution in [2.24, 2.45) is 0 Å². The number of amides is 1. The summed E-state index contributed by atoms with van der Waals surface area (Å²) in [6.45, 7) is 2.03. The number of hydrogen-bond acceptors (Lipinski definition) is 4. The molecule has 0 heterocycles. The quantitative estimate of drug-likeness (QED) is 0.566. The number of para-hydroxylation sites is 1. The number of ether oxygens (including phenoxy) is 2. The molecule has 0 unspecified atom stereocenters. The number of nitrogens with zero attached hydrogens (tertiary/aromatic N) is 1. The first-order valence-corrected chi connectivity index (χ1v) is 8.32. The number of carbonyl (C=O) groups is 2. The lowest BCUT2D eigenvalue weighted by atomic mass is 10.2. The number of benzene rings is 2. The lowest BCUT2D eigenvalue weighted by molar-refractivity contribution is -0.154. The second kappa shape index (κ2) is 9.42. The van der Waals surface area contributed by atoms with Crippen LogP contribution >= 0.6 is 0 Å². The van der Waals surface area contributed by atoms with Crippen molar-refractivity contribution in [1.29, 1.82) is 0 Å². The zero-order valence-electron chi connectivity index (χ0n) is 15.2. The van der Waals surface area contributed by atoms with Gasteiger partial charge in [-0.2, -0.15) is 0 Å². The molecule has 1 atom stereocenters. The molecule has 2 aromatic carbocycles. The summed E-state index contributed by atoms with van der Waals surface area (Å²) in [5, 5.41) is 0. The molecule has 0 aromatic heterocycles. The topological polar surface area (TPSA) is 55.8 Å². The van der Waals surface area contributed by atoms with Crippen molar-refractivity contribution in [2.45, 2.75) is 19.6 Å². The van der Waals surface area contributed by atoms with Crippen molar-refractivity contribution in [2.75, 3.05) is 14.2 Å². The molecule has 0 spiro atoms. The van der Waals surface area contributed by atoms with Gasteiger partial charge in [0.1, 0.15) is 5.75 Å². The number of rotatable bonds is 7. The summed E-state index contributed by atoms with van der Waals surface area (Å²) in [6, 6.07) is 17.0. The lowest BCUT2D eigenvalue weighted by Crippen LogP contribution is -2.36. The minimum atomic E-state index is -0.862. The van der Waals surface area contributed by atoms with Gasteiger partial charge in [0.05, 0.1) is 7.11 Å². The maximum atomic E-state index is 12.4. The Hall–Kier alpha value is -3.08. The van der Waals surface area contributed by atoms with Gasteiger partial charge >= 0.3 is 5.97 Å². The second-order valence-corrected chi connectivity index (χ2v) is 5.83. The molecular formula is C21H23NO4. The highest BCUT2D eigenvalue weighted by molar-refractivity contribution is 5.90. The smallest absolute Gasteiger partial charge is 0.331 e. The predicted octanol–water partition coefficient (Wildman–Crippen LogP) is 3.30. The summed E-state index contributed by atoms with van der Waals surface area (Å²) in [5.41, 5.74) is 1.77. The molecule has 2 aromatic rings. The van der Waals surface area contributed by atoms with Crippen LogP contribution in [0.5, 0.6) is 5.75 Å². The molecule has 5 heteroatoms. The molecule has 26 heavy (non-hydrogen) atoms. The first-order chi connectivity index (χ1) is 12.5. The van der Waals surface area contributed by atoms with E-state index in [2.05, 4.69) is 0 Å². The first-order valence-electron chi connectivity index (χ1n) is 8.32. The van der Waals surface area contributed by atoms with E-state index < -0.39 is 12.1 Å². The molecule has 0 bridgehead atoms. The third-order valence-electron chi connectivity index (χ3n) is 3.82. The van der Waals surface area contributed by atoms with Crippen molar-refractivity contribution in [3.63, 3.8) is 0 Å². The van der Waals surface area contributed by atoms with E-state index in [1.165, 1.54) is 11.0 Å². The Morgan fingerprint density at radius 1 is 1.08 bits per heavy atom. The fraction of sp³-hybridized carbons (Fsp3) is 0.238. The first kappa shape index (κ1) is 19.2. The van der Waals surface area contributed by atoms with Crippen molar-refractivity contribution in [3.8, 4) is 5.75 Å². The van der Waals surface area contributed by atoms with Gasteiger partial charge in [-0.25, -0.2) is 4.79 Å². The standard InChI is InChI=1S/C21H23NO4/c1-16(21(24)22(2)15-17-9-5-4-6-10-17)26-20(23)14-13-18-11-7-8-12-19(18)25-3/h4-14,16H,15H2,1-3H3/b14-13+/t16-/m1/s1. The van der Waals surface area contributed by atoms with Crippen LogP contribution in [-0.4, -0.2) is 37.0 Å². The van der Waals surface area contributed by atoms with Gasteiger partial charge < -0.3 is 14.4 Å². The second-order valence-electron chi connectivity index (χ2n) is 5.83. The van der Waals surface area contributed by atoms with Gasteiger partial charge in [0.15, 0.2) is 6.10 Å². The molecule has 0 saturated carbocycles. The Kier molecular flexibility index (Phi) is 6.97. The van der Waals surface area contributed by atoms with E-state index in [1.54, 1.807) is 33.2 Å². The minimum Gasteiger partial charge on any atom is -0.496 e. The van der Waals surface area contributed by atoms with Crippen LogP contribution in [0.25, 0.3) is 6.08 Å². The molecule has 0 saturated heterocycles. The Morgan fingerprint density at radius 3 is 2.42 bits per heavy atom. The highest BCUT2D eigenvalue weighted by Crippen LogP contribution is 2.18. The van der Waals surface area contributed by atoms with Gasteiger partial charge in [0.2, 0.25) is 0 Å².